The Morgan fingerprint density at radius 1 is 1.20 bits per heavy atom. The molecule has 0 spiro atoms. The van der Waals surface area contributed by atoms with Crippen LogP contribution in [-0.2, 0) is 24.2 Å². The van der Waals surface area contributed by atoms with Crippen LogP contribution >= 0.6 is 11.6 Å². The van der Waals surface area contributed by atoms with Gasteiger partial charge in [-0.15, -0.1) is 0 Å². The SMILES string of the molecule is N[C@@H](Cc1ccc(O)cc1)C(=O)N1CCc2noc(-c3cc(Cl)c(O)cc3O)c2C1. The van der Waals surface area contributed by atoms with Crippen LogP contribution in [0.5, 0.6) is 17.2 Å². The van der Waals surface area contributed by atoms with Crippen LogP contribution in [-0.4, -0.2) is 43.9 Å². The van der Waals surface area contributed by atoms with Gasteiger partial charge in [-0.2, -0.15) is 0 Å². The second-order valence-electron chi connectivity index (χ2n) is 7.24. The van der Waals surface area contributed by atoms with Gasteiger partial charge in [0.1, 0.15) is 17.2 Å². The number of rotatable bonds is 4. The second-order valence-corrected chi connectivity index (χ2v) is 7.65. The fourth-order valence-electron chi connectivity index (χ4n) is 3.55. The number of nitrogens with zero attached hydrogens (tertiary/aromatic N) is 2. The topological polar surface area (TPSA) is 133 Å². The number of benzene rings is 2. The Balaban J connectivity index is 1.55. The maximum atomic E-state index is 12.9. The minimum Gasteiger partial charge on any atom is -0.508 e. The van der Waals surface area contributed by atoms with Crippen LogP contribution in [0.2, 0.25) is 5.02 Å². The molecule has 8 nitrogen and oxygen atoms in total. The van der Waals surface area contributed by atoms with Crippen LogP contribution < -0.4 is 5.73 Å². The van der Waals surface area contributed by atoms with Crippen LogP contribution in [0.25, 0.3) is 11.3 Å². The number of carbonyl (C=O) groups is 1. The van der Waals surface area contributed by atoms with Gasteiger partial charge in [0.15, 0.2) is 5.76 Å². The van der Waals surface area contributed by atoms with Gasteiger partial charge in [0.05, 0.1) is 28.9 Å². The van der Waals surface area contributed by atoms with Crippen LogP contribution in [0.3, 0.4) is 0 Å². The lowest BCUT2D eigenvalue weighted by atomic mass is 9.99. The van der Waals surface area contributed by atoms with Crippen molar-refractivity contribution in [1.29, 1.82) is 0 Å². The van der Waals surface area contributed by atoms with E-state index in [1.54, 1.807) is 29.2 Å². The summed E-state index contributed by atoms with van der Waals surface area (Å²) < 4.78 is 5.43. The minimum atomic E-state index is -0.740. The molecule has 2 aromatic carbocycles. The molecular weight excluding hydrogens is 410 g/mol. The minimum absolute atomic E-state index is 0.0626. The van der Waals surface area contributed by atoms with Crippen molar-refractivity contribution in [2.75, 3.05) is 6.54 Å². The number of aromatic hydroxyl groups is 3. The zero-order chi connectivity index (χ0) is 21.4. The van der Waals surface area contributed by atoms with Gasteiger partial charge < -0.3 is 30.5 Å². The van der Waals surface area contributed by atoms with Gasteiger partial charge in [-0.1, -0.05) is 28.9 Å². The Hall–Kier alpha value is -3.23. The van der Waals surface area contributed by atoms with Crippen LogP contribution in [0.15, 0.2) is 40.9 Å². The number of phenolic OH excluding ortho intramolecular Hbond substituents is 3. The first-order valence-corrected chi connectivity index (χ1v) is 9.73. The molecule has 1 atom stereocenters. The molecule has 156 valence electrons. The van der Waals surface area contributed by atoms with E-state index in [1.807, 2.05) is 0 Å². The lowest BCUT2D eigenvalue weighted by molar-refractivity contribution is -0.133. The summed E-state index contributed by atoms with van der Waals surface area (Å²) >= 11 is 5.97. The van der Waals surface area contributed by atoms with Crippen molar-refractivity contribution in [1.82, 2.24) is 10.1 Å². The normalized spacial score (nSPS) is 14.4. The summed E-state index contributed by atoms with van der Waals surface area (Å²) in [5, 5.41) is 33.4. The molecule has 5 N–H and O–H groups in total. The zero-order valence-electron chi connectivity index (χ0n) is 15.9. The molecule has 0 aliphatic carbocycles. The molecule has 3 aromatic rings. The highest BCUT2D eigenvalue weighted by Crippen LogP contribution is 2.40. The van der Waals surface area contributed by atoms with E-state index in [0.29, 0.717) is 36.4 Å². The van der Waals surface area contributed by atoms with Gasteiger partial charge in [0, 0.05) is 24.6 Å². The molecule has 1 aliphatic heterocycles. The Bertz CT molecular complexity index is 1100. The van der Waals surface area contributed by atoms with Crippen molar-refractivity contribution in [3.63, 3.8) is 0 Å². The van der Waals surface area contributed by atoms with Gasteiger partial charge in [0.25, 0.3) is 0 Å². The van der Waals surface area contributed by atoms with Gasteiger partial charge in [-0.3, -0.25) is 4.79 Å². The number of amides is 1. The number of phenols is 3. The molecule has 2 heterocycles. The Kier molecular flexibility index (Phi) is 5.27. The maximum absolute atomic E-state index is 12.9. The Labute approximate surface area is 177 Å². The predicted molar refractivity (Wildman–Crippen MR) is 109 cm³/mol. The highest BCUT2D eigenvalue weighted by Gasteiger charge is 2.31. The molecule has 4 rings (SSSR count). The number of carbonyl (C=O) groups excluding carboxylic acids is 1. The molecular formula is C21H20ClN3O5. The van der Waals surface area contributed by atoms with Crippen molar-refractivity contribution in [2.45, 2.75) is 25.4 Å². The molecule has 0 unspecified atom stereocenters. The van der Waals surface area contributed by atoms with E-state index in [4.69, 9.17) is 21.9 Å². The highest BCUT2D eigenvalue weighted by atomic mass is 35.5. The van der Waals surface area contributed by atoms with Gasteiger partial charge in [-0.25, -0.2) is 0 Å². The summed E-state index contributed by atoms with van der Waals surface area (Å²) in [6.07, 6.45) is 0.830. The molecule has 0 radical (unpaired) electrons. The molecule has 0 bridgehead atoms. The first-order valence-electron chi connectivity index (χ1n) is 9.35. The first-order chi connectivity index (χ1) is 14.3. The van der Waals surface area contributed by atoms with E-state index in [9.17, 15) is 20.1 Å². The van der Waals surface area contributed by atoms with E-state index >= 15 is 0 Å². The smallest absolute Gasteiger partial charge is 0.240 e. The number of hydrogen-bond donors (Lipinski definition) is 4. The van der Waals surface area contributed by atoms with E-state index in [2.05, 4.69) is 5.16 Å². The average Bonchev–Trinajstić information content (AvgIpc) is 3.14. The van der Waals surface area contributed by atoms with Crippen LogP contribution in [0.1, 0.15) is 16.8 Å². The van der Waals surface area contributed by atoms with Crippen molar-refractivity contribution in [2.24, 2.45) is 5.73 Å². The fraction of sp³-hybridized carbons (Fsp3) is 0.238. The Morgan fingerprint density at radius 2 is 1.93 bits per heavy atom. The molecule has 1 aliphatic rings. The molecule has 0 saturated carbocycles. The first kappa shape index (κ1) is 20.1. The molecule has 0 fully saturated rings. The number of hydrogen-bond acceptors (Lipinski definition) is 7. The Morgan fingerprint density at radius 3 is 2.67 bits per heavy atom. The van der Waals surface area contributed by atoms with Crippen molar-refractivity contribution in [3.8, 4) is 28.6 Å². The predicted octanol–water partition coefficient (Wildman–Crippen LogP) is 2.57. The van der Waals surface area contributed by atoms with E-state index in [0.717, 1.165) is 11.6 Å². The van der Waals surface area contributed by atoms with Crippen LogP contribution in [0, 0.1) is 0 Å². The van der Waals surface area contributed by atoms with Crippen molar-refractivity contribution < 1.29 is 24.6 Å². The summed E-state index contributed by atoms with van der Waals surface area (Å²) in [5.41, 5.74) is 8.65. The average molecular weight is 430 g/mol. The fourth-order valence-corrected chi connectivity index (χ4v) is 3.72. The molecule has 1 amide bonds. The van der Waals surface area contributed by atoms with Gasteiger partial charge in [0.2, 0.25) is 5.91 Å². The third-order valence-electron chi connectivity index (χ3n) is 5.17. The molecule has 0 saturated heterocycles. The number of aromatic nitrogens is 1. The third kappa shape index (κ3) is 3.79. The monoisotopic (exact) mass is 429 g/mol. The summed E-state index contributed by atoms with van der Waals surface area (Å²) in [4.78, 5) is 14.5. The third-order valence-corrected chi connectivity index (χ3v) is 5.47. The van der Waals surface area contributed by atoms with E-state index < -0.39 is 6.04 Å². The zero-order valence-corrected chi connectivity index (χ0v) is 16.6. The number of fused-ring (bicyclic) bond motifs is 1. The largest absolute Gasteiger partial charge is 0.508 e. The van der Waals surface area contributed by atoms with Crippen LogP contribution in [0.4, 0.5) is 0 Å². The second kappa shape index (κ2) is 7.89. The van der Waals surface area contributed by atoms with Crippen molar-refractivity contribution in [3.05, 3.63) is 58.2 Å². The van der Waals surface area contributed by atoms with Crippen molar-refractivity contribution >= 4 is 17.5 Å². The number of halogens is 1. The summed E-state index contributed by atoms with van der Waals surface area (Å²) in [5.74, 6) is -0.214. The molecule has 9 heteroatoms. The summed E-state index contributed by atoms with van der Waals surface area (Å²) in [6.45, 7) is 0.678. The van der Waals surface area contributed by atoms with E-state index in [1.165, 1.54) is 6.07 Å². The standard InChI is InChI=1S/C21H20ClN3O5/c22-15-8-13(18(27)9-19(15)28)20-14-10-25(6-5-17(14)24-30-20)21(29)16(23)7-11-1-3-12(26)4-2-11/h1-4,8-9,16,26-28H,5-7,10,23H2/t16-/m0/s1. The van der Waals surface area contributed by atoms with Gasteiger partial charge in [-0.05, 0) is 30.2 Å². The quantitative estimate of drug-likeness (QED) is 0.500. The molecule has 1 aromatic heterocycles. The lowest BCUT2D eigenvalue weighted by Crippen LogP contribution is -2.46. The summed E-state index contributed by atoms with van der Waals surface area (Å²) in [7, 11) is 0. The molecule has 30 heavy (non-hydrogen) atoms. The lowest BCUT2D eigenvalue weighted by Gasteiger charge is -2.29. The van der Waals surface area contributed by atoms with Gasteiger partial charge >= 0.3 is 0 Å². The maximum Gasteiger partial charge on any atom is 0.240 e. The van der Waals surface area contributed by atoms with E-state index in [-0.39, 0.29) is 40.3 Å². The summed E-state index contributed by atoms with van der Waals surface area (Å²) in [6, 6.07) is 8.35. The number of nitrogens with two attached hydrogens (primary N) is 1. The highest BCUT2D eigenvalue weighted by molar-refractivity contribution is 6.32.